The van der Waals surface area contributed by atoms with Crippen molar-refractivity contribution in [3.63, 3.8) is 0 Å². The largest absolute Gasteiger partial charge is 0.493 e. The predicted molar refractivity (Wildman–Crippen MR) is 131 cm³/mol. The zero-order valence-corrected chi connectivity index (χ0v) is 19.2. The fourth-order valence-electron chi connectivity index (χ4n) is 3.78. The number of hydrogen-bond acceptors (Lipinski definition) is 6. The molecule has 0 N–H and O–H groups in total. The van der Waals surface area contributed by atoms with E-state index in [1.54, 1.807) is 24.3 Å². The number of benzene rings is 4. The number of esters is 2. The molecule has 0 heterocycles. The summed E-state index contributed by atoms with van der Waals surface area (Å²) >= 11 is 0. The van der Waals surface area contributed by atoms with Crippen molar-refractivity contribution in [1.29, 1.82) is 0 Å². The minimum Gasteiger partial charge on any atom is -0.493 e. The zero-order valence-electron chi connectivity index (χ0n) is 19.2. The first kappa shape index (κ1) is 23.1. The molecule has 0 saturated heterocycles. The number of carbonyl (C=O) groups excluding carboxylic acids is 2. The Balaban J connectivity index is 1.41. The van der Waals surface area contributed by atoms with E-state index in [1.165, 1.54) is 0 Å². The van der Waals surface area contributed by atoms with Gasteiger partial charge in [0.05, 0.1) is 26.1 Å². The van der Waals surface area contributed by atoms with Crippen LogP contribution in [-0.2, 0) is 9.59 Å². The maximum atomic E-state index is 12.5. The van der Waals surface area contributed by atoms with Gasteiger partial charge in [-0.25, -0.2) is 0 Å². The molecule has 0 aliphatic carbocycles. The van der Waals surface area contributed by atoms with E-state index in [1.807, 2.05) is 62.4 Å². The lowest BCUT2D eigenvalue weighted by Gasteiger charge is -2.12. The van der Waals surface area contributed by atoms with Crippen molar-refractivity contribution in [2.75, 3.05) is 13.2 Å². The van der Waals surface area contributed by atoms with E-state index in [2.05, 4.69) is 0 Å². The molecule has 0 spiro atoms. The summed E-state index contributed by atoms with van der Waals surface area (Å²) < 4.78 is 22.4. The van der Waals surface area contributed by atoms with Gasteiger partial charge < -0.3 is 18.9 Å². The van der Waals surface area contributed by atoms with Gasteiger partial charge in [0, 0.05) is 21.5 Å². The van der Waals surface area contributed by atoms with Crippen LogP contribution < -0.4 is 18.9 Å². The maximum Gasteiger partial charge on any atom is 0.311 e. The molecule has 0 aliphatic heterocycles. The Morgan fingerprint density at radius 3 is 1.21 bits per heavy atom. The molecule has 4 rings (SSSR count). The summed E-state index contributed by atoms with van der Waals surface area (Å²) in [5.41, 5.74) is 0. The van der Waals surface area contributed by atoms with Crippen molar-refractivity contribution < 1.29 is 28.5 Å². The standard InChI is InChI=1S/C28H26O6/c1-3-31-23-13-15-25(21-11-7-5-9-19(21)23)33-27(29)17-18-28(30)34-26-16-14-24(32-4-2)20-10-6-8-12-22(20)26/h5-16H,3-4,17-18H2,1-2H3. The number of hydrogen-bond donors (Lipinski definition) is 0. The highest BCUT2D eigenvalue weighted by molar-refractivity contribution is 5.96. The average molecular weight is 459 g/mol. The molecule has 6 nitrogen and oxygen atoms in total. The summed E-state index contributed by atoms with van der Waals surface area (Å²) in [6, 6.07) is 22.1. The van der Waals surface area contributed by atoms with Gasteiger partial charge in [0.25, 0.3) is 0 Å². The van der Waals surface area contributed by atoms with Crippen LogP contribution in [0.1, 0.15) is 26.7 Å². The lowest BCUT2D eigenvalue weighted by atomic mass is 10.1. The van der Waals surface area contributed by atoms with E-state index in [0.717, 1.165) is 33.0 Å². The Morgan fingerprint density at radius 1 is 0.529 bits per heavy atom. The monoisotopic (exact) mass is 458 g/mol. The van der Waals surface area contributed by atoms with Gasteiger partial charge in [-0.05, 0) is 38.1 Å². The van der Waals surface area contributed by atoms with Crippen molar-refractivity contribution in [2.45, 2.75) is 26.7 Å². The summed E-state index contributed by atoms with van der Waals surface area (Å²) in [6.07, 6.45) is -0.204. The van der Waals surface area contributed by atoms with Crippen LogP contribution in [0.15, 0.2) is 72.8 Å². The first-order valence-corrected chi connectivity index (χ1v) is 11.3. The van der Waals surface area contributed by atoms with Crippen LogP contribution >= 0.6 is 0 Å². The normalized spacial score (nSPS) is 10.8. The third kappa shape index (κ3) is 5.12. The van der Waals surface area contributed by atoms with E-state index in [0.29, 0.717) is 24.7 Å². The van der Waals surface area contributed by atoms with E-state index < -0.39 is 11.9 Å². The topological polar surface area (TPSA) is 71.1 Å². The van der Waals surface area contributed by atoms with Gasteiger partial charge in [0.2, 0.25) is 0 Å². The summed E-state index contributed by atoms with van der Waals surface area (Å²) in [4.78, 5) is 24.9. The molecule has 0 amide bonds. The van der Waals surface area contributed by atoms with E-state index in [4.69, 9.17) is 18.9 Å². The minimum atomic E-state index is -0.511. The Labute approximate surface area is 198 Å². The van der Waals surface area contributed by atoms with Crippen LogP contribution in [0.25, 0.3) is 21.5 Å². The Morgan fingerprint density at radius 2 is 0.853 bits per heavy atom. The van der Waals surface area contributed by atoms with Crippen LogP contribution in [-0.4, -0.2) is 25.2 Å². The third-order valence-corrected chi connectivity index (χ3v) is 5.27. The molecule has 174 valence electrons. The number of rotatable bonds is 9. The van der Waals surface area contributed by atoms with Crippen molar-refractivity contribution in [3.8, 4) is 23.0 Å². The molecule has 0 radical (unpaired) electrons. The second kappa shape index (κ2) is 10.7. The smallest absolute Gasteiger partial charge is 0.311 e. The molecule has 0 atom stereocenters. The lowest BCUT2D eigenvalue weighted by Crippen LogP contribution is -2.14. The van der Waals surface area contributed by atoms with Crippen molar-refractivity contribution in [1.82, 2.24) is 0 Å². The number of ether oxygens (including phenoxy) is 4. The van der Waals surface area contributed by atoms with Gasteiger partial charge in [0.1, 0.15) is 23.0 Å². The van der Waals surface area contributed by atoms with Crippen LogP contribution in [0.4, 0.5) is 0 Å². The first-order valence-electron chi connectivity index (χ1n) is 11.3. The summed E-state index contributed by atoms with van der Waals surface area (Å²) in [5.74, 6) is 1.28. The Bertz CT molecular complexity index is 1220. The van der Waals surface area contributed by atoms with Gasteiger partial charge in [-0.1, -0.05) is 48.5 Å². The van der Waals surface area contributed by atoms with Crippen LogP contribution in [0.5, 0.6) is 23.0 Å². The second-order valence-electron chi connectivity index (χ2n) is 7.53. The number of carbonyl (C=O) groups is 2. The minimum absolute atomic E-state index is 0.102. The molecule has 0 unspecified atom stereocenters. The van der Waals surface area contributed by atoms with E-state index >= 15 is 0 Å². The molecule has 4 aromatic rings. The Kier molecular flexibility index (Phi) is 7.28. The average Bonchev–Trinajstić information content (AvgIpc) is 2.86. The highest BCUT2D eigenvalue weighted by Gasteiger charge is 2.16. The van der Waals surface area contributed by atoms with Crippen LogP contribution in [0.3, 0.4) is 0 Å². The Hall–Kier alpha value is -4.06. The molecule has 0 bridgehead atoms. The molecular weight excluding hydrogens is 432 g/mol. The lowest BCUT2D eigenvalue weighted by molar-refractivity contribution is -0.140. The molecule has 0 saturated carbocycles. The van der Waals surface area contributed by atoms with Gasteiger partial charge >= 0.3 is 11.9 Å². The molecule has 34 heavy (non-hydrogen) atoms. The molecule has 6 heteroatoms. The number of fused-ring (bicyclic) bond motifs is 2. The molecular formula is C28H26O6. The first-order chi connectivity index (χ1) is 16.6. The SMILES string of the molecule is CCOc1ccc(OC(=O)CCC(=O)Oc2ccc(OCC)c3ccccc23)c2ccccc12. The second-order valence-corrected chi connectivity index (χ2v) is 7.53. The fraction of sp³-hybridized carbons (Fsp3) is 0.214. The summed E-state index contributed by atoms with van der Waals surface area (Å²) in [7, 11) is 0. The van der Waals surface area contributed by atoms with Crippen molar-refractivity contribution >= 4 is 33.5 Å². The van der Waals surface area contributed by atoms with Gasteiger partial charge in [-0.15, -0.1) is 0 Å². The third-order valence-electron chi connectivity index (χ3n) is 5.27. The van der Waals surface area contributed by atoms with E-state index in [9.17, 15) is 9.59 Å². The molecule has 0 aliphatic rings. The van der Waals surface area contributed by atoms with Crippen molar-refractivity contribution in [2.24, 2.45) is 0 Å². The summed E-state index contributed by atoms with van der Waals surface area (Å²) in [5, 5.41) is 3.25. The quantitative estimate of drug-likeness (QED) is 0.224. The predicted octanol–water partition coefficient (Wildman–Crippen LogP) is 6.08. The van der Waals surface area contributed by atoms with Crippen LogP contribution in [0.2, 0.25) is 0 Å². The molecule has 0 fully saturated rings. The van der Waals surface area contributed by atoms with Crippen LogP contribution in [0, 0.1) is 0 Å². The fourth-order valence-corrected chi connectivity index (χ4v) is 3.78. The highest BCUT2D eigenvalue weighted by atomic mass is 16.5. The van der Waals surface area contributed by atoms with Crippen molar-refractivity contribution in [3.05, 3.63) is 72.8 Å². The summed E-state index contributed by atoms with van der Waals surface area (Å²) in [6.45, 7) is 4.90. The van der Waals surface area contributed by atoms with E-state index in [-0.39, 0.29) is 12.8 Å². The molecule has 4 aromatic carbocycles. The van der Waals surface area contributed by atoms with Gasteiger partial charge in [-0.2, -0.15) is 0 Å². The maximum absolute atomic E-state index is 12.5. The molecule has 0 aromatic heterocycles. The highest BCUT2D eigenvalue weighted by Crippen LogP contribution is 2.34. The zero-order chi connectivity index (χ0) is 23.9. The van der Waals surface area contributed by atoms with Gasteiger partial charge in [-0.3, -0.25) is 9.59 Å². The van der Waals surface area contributed by atoms with Gasteiger partial charge in [0.15, 0.2) is 0 Å².